The quantitative estimate of drug-likeness (QED) is 0.906. The van der Waals surface area contributed by atoms with Crippen LogP contribution in [-0.2, 0) is 6.54 Å². The van der Waals surface area contributed by atoms with E-state index in [1.807, 2.05) is 6.20 Å². The molecule has 0 bridgehead atoms. The topological polar surface area (TPSA) is 45.4 Å². The fraction of sp³-hybridized carbons (Fsp3) is 0.769. The van der Waals surface area contributed by atoms with Crippen molar-refractivity contribution in [2.45, 2.75) is 38.3 Å². The molecular formula is C13H22N4S. The molecule has 1 atom stereocenters. The van der Waals surface area contributed by atoms with Gasteiger partial charge in [0, 0.05) is 36.8 Å². The molecule has 1 unspecified atom stereocenters. The third-order valence-corrected chi connectivity index (χ3v) is 4.92. The summed E-state index contributed by atoms with van der Waals surface area (Å²) in [6.07, 6.45) is 7.46. The van der Waals surface area contributed by atoms with E-state index in [0.717, 1.165) is 12.6 Å². The summed E-state index contributed by atoms with van der Waals surface area (Å²) in [5.74, 6) is 0. The van der Waals surface area contributed by atoms with Gasteiger partial charge in [0.2, 0.25) is 0 Å². The number of nitrogens with zero attached hydrogens (tertiary/aromatic N) is 3. The zero-order chi connectivity index (χ0) is 12.4. The second-order valence-electron chi connectivity index (χ2n) is 5.44. The Morgan fingerprint density at radius 3 is 2.83 bits per heavy atom. The van der Waals surface area contributed by atoms with E-state index in [9.17, 15) is 0 Å². The van der Waals surface area contributed by atoms with E-state index in [-0.39, 0.29) is 0 Å². The van der Waals surface area contributed by atoms with E-state index in [2.05, 4.69) is 14.8 Å². The third kappa shape index (κ3) is 2.84. The van der Waals surface area contributed by atoms with Crippen molar-refractivity contribution in [3.8, 4) is 0 Å². The third-order valence-electron chi connectivity index (χ3n) is 4.11. The summed E-state index contributed by atoms with van der Waals surface area (Å²) in [5.41, 5.74) is 5.68. The van der Waals surface area contributed by atoms with E-state index in [0.29, 0.717) is 5.13 Å². The summed E-state index contributed by atoms with van der Waals surface area (Å²) in [7, 11) is 0. The summed E-state index contributed by atoms with van der Waals surface area (Å²) < 4.78 is 0. The highest BCUT2D eigenvalue weighted by Gasteiger charge is 2.28. The summed E-state index contributed by atoms with van der Waals surface area (Å²) in [6, 6.07) is 0.788. The van der Waals surface area contributed by atoms with Crippen molar-refractivity contribution in [2.24, 2.45) is 0 Å². The molecule has 0 aliphatic carbocycles. The minimum Gasteiger partial charge on any atom is -0.375 e. The molecule has 2 aliphatic heterocycles. The van der Waals surface area contributed by atoms with Crippen LogP contribution in [0.1, 0.15) is 30.6 Å². The lowest BCUT2D eigenvalue weighted by molar-refractivity contribution is 0.161. The molecule has 4 nitrogen and oxygen atoms in total. The maximum absolute atomic E-state index is 5.68. The standard InChI is InChI=1S/C13H22N4S/c14-13-15-8-12(18-13)10-16-7-4-11(9-16)17-5-2-1-3-6-17/h8,11H,1-7,9-10H2,(H2,14,15). The smallest absolute Gasteiger partial charge is 0.180 e. The summed E-state index contributed by atoms with van der Waals surface area (Å²) >= 11 is 1.62. The minimum atomic E-state index is 0.691. The average molecular weight is 266 g/mol. The van der Waals surface area contributed by atoms with Crippen LogP contribution in [0.2, 0.25) is 0 Å². The van der Waals surface area contributed by atoms with Gasteiger partial charge in [0.25, 0.3) is 0 Å². The number of aromatic nitrogens is 1. The number of hydrogen-bond acceptors (Lipinski definition) is 5. The van der Waals surface area contributed by atoms with Gasteiger partial charge in [-0.1, -0.05) is 6.42 Å². The van der Waals surface area contributed by atoms with Crippen LogP contribution in [0.3, 0.4) is 0 Å². The van der Waals surface area contributed by atoms with Crippen molar-refractivity contribution < 1.29 is 0 Å². The Bertz CT molecular complexity index is 386. The lowest BCUT2D eigenvalue weighted by atomic mass is 10.1. The van der Waals surface area contributed by atoms with Crippen LogP contribution in [0.15, 0.2) is 6.20 Å². The van der Waals surface area contributed by atoms with Gasteiger partial charge >= 0.3 is 0 Å². The Labute approximate surface area is 113 Å². The van der Waals surface area contributed by atoms with Crippen molar-refractivity contribution >= 4 is 16.5 Å². The lowest BCUT2D eigenvalue weighted by Gasteiger charge is -2.32. The van der Waals surface area contributed by atoms with Gasteiger partial charge in [0.15, 0.2) is 5.13 Å². The molecule has 1 aromatic rings. The van der Waals surface area contributed by atoms with E-state index < -0.39 is 0 Å². The highest BCUT2D eigenvalue weighted by Crippen LogP contribution is 2.23. The molecule has 0 saturated carbocycles. The van der Waals surface area contributed by atoms with Crippen LogP contribution in [0.25, 0.3) is 0 Å². The highest BCUT2D eigenvalue weighted by molar-refractivity contribution is 7.15. The van der Waals surface area contributed by atoms with Crippen LogP contribution < -0.4 is 5.73 Å². The monoisotopic (exact) mass is 266 g/mol. The Morgan fingerprint density at radius 1 is 1.28 bits per heavy atom. The van der Waals surface area contributed by atoms with Gasteiger partial charge in [-0.15, -0.1) is 11.3 Å². The molecule has 100 valence electrons. The molecule has 3 heterocycles. The van der Waals surface area contributed by atoms with Gasteiger partial charge < -0.3 is 5.73 Å². The number of piperidine rings is 1. The van der Waals surface area contributed by atoms with E-state index in [4.69, 9.17) is 5.73 Å². The van der Waals surface area contributed by atoms with Crippen molar-refractivity contribution in [1.29, 1.82) is 0 Å². The predicted molar refractivity (Wildman–Crippen MR) is 75.6 cm³/mol. The van der Waals surface area contributed by atoms with Crippen LogP contribution in [0, 0.1) is 0 Å². The summed E-state index contributed by atoms with van der Waals surface area (Å²) in [6.45, 7) is 6.09. The number of nitrogen functional groups attached to an aromatic ring is 1. The molecular weight excluding hydrogens is 244 g/mol. The van der Waals surface area contributed by atoms with Crippen LogP contribution in [-0.4, -0.2) is 47.0 Å². The van der Waals surface area contributed by atoms with Gasteiger partial charge in [-0.05, 0) is 32.4 Å². The maximum atomic E-state index is 5.68. The molecule has 18 heavy (non-hydrogen) atoms. The fourth-order valence-electron chi connectivity index (χ4n) is 3.15. The van der Waals surface area contributed by atoms with E-state index in [1.165, 1.54) is 56.7 Å². The molecule has 2 saturated heterocycles. The summed E-state index contributed by atoms with van der Waals surface area (Å²) in [5, 5.41) is 0.691. The summed E-state index contributed by atoms with van der Waals surface area (Å²) in [4.78, 5) is 10.7. The molecule has 2 N–H and O–H groups in total. The van der Waals surface area contributed by atoms with E-state index >= 15 is 0 Å². The Kier molecular flexibility index (Phi) is 3.82. The molecule has 0 amide bonds. The predicted octanol–water partition coefficient (Wildman–Crippen LogP) is 1.79. The van der Waals surface area contributed by atoms with Crippen LogP contribution in [0.4, 0.5) is 5.13 Å². The minimum absolute atomic E-state index is 0.691. The van der Waals surface area contributed by atoms with Gasteiger partial charge in [-0.2, -0.15) is 0 Å². The Morgan fingerprint density at radius 2 is 2.11 bits per heavy atom. The largest absolute Gasteiger partial charge is 0.375 e. The van der Waals surface area contributed by atoms with Crippen molar-refractivity contribution in [3.63, 3.8) is 0 Å². The maximum Gasteiger partial charge on any atom is 0.180 e. The zero-order valence-corrected chi connectivity index (χ0v) is 11.7. The van der Waals surface area contributed by atoms with Crippen molar-refractivity contribution in [1.82, 2.24) is 14.8 Å². The first-order valence-corrected chi connectivity index (χ1v) is 7.79. The van der Waals surface area contributed by atoms with Gasteiger partial charge in [-0.3, -0.25) is 9.80 Å². The molecule has 3 rings (SSSR count). The number of likely N-dealkylation sites (tertiary alicyclic amines) is 2. The normalized spacial score (nSPS) is 26.8. The second-order valence-corrected chi connectivity index (χ2v) is 6.59. The number of hydrogen-bond donors (Lipinski definition) is 1. The van der Waals surface area contributed by atoms with Gasteiger partial charge in [0.1, 0.15) is 0 Å². The average Bonchev–Trinajstić information content (AvgIpc) is 3.01. The molecule has 1 aromatic heterocycles. The highest BCUT2D eigenvalue weighted by atomic mass is 32.1. The number of rotatable bonds is 3. The fourth-order valence-corrected chi connectivity index (χ4v) is 3.88. The number of nitrogens with two attached hydrogens (primary N) is 1. The zero-order valence-electron chi connectivity index (χ0n) is 10.8. The molecule has 0 aromatic carbocycles. The SMILES string of the molecule is Nc1ncc(CN2CCC(N3CCCCC3)C2)s1. The second kappa shape index (κ2) is 5.55. The van der Waals surface area contributed by atoms with Gasteiger partial charge in [0.05, 0.1) is 0 Å². The molecule has 5 heteroatoms. The van der Waals surface area contributed by atoms with Crippen molar-refractivity contribution in [2.75, 3.05) is 31.9 Å². The van der Waals surface area contributed by atoms with Crippen LogP contribution >= 0.6 is 11.3 Å². The van der Waals surface area contributed by atoms with E-state index in [1.54, 1.807) is 11.3 Å². The van der Waals surface area contributed by atoms with Gasteiger partial charge in [-0.25, -0.2) is 4.98 Å². The molecule has 2 aliphatic rings. The number of thiazole rings is 1. The Balaban J connectivity index is 1.51. The first-order valence-electron chi connectivity index (χ1n) is 6.98. The molecule has 0 spiro atoms. The number of anilines is 1. The lowest BCUT2D eigenvalue weighted by Crippen LogP contribution is -2.40. The molecule has 2 fully saturated rings. The Hall–Kier alpha value is -0.650. The molecule has 0 radical (unpaired) electrons. The van der Waals surface area contributed by atoms with Crippen molar-refractivity contribution in [3.05, 3.63) is 11.1 Å². The first kappa shape index (κ1) is 12.4. The van der Waals surface area contributed by atoms with Crippen LogP contribution in [0.5, 0.6) is 0 Å². The first-order chi connectivity index (χ1) is 8.81.